The van der Waals surface area contributed by atoms with Crippen LogP contribution in [0.3, 0.4) is 0 Å². The van der Waals surface area contributed by atoms with Gasteiger partial charge in [0, 0.05) is 57.1 Å². The van der Waals surface area contributed by atoms with Gasteiger partial charge >= 0.3 is 0 Å². The molecule has 1 aliphatic rings. The molecule has 0 bridgehead atoms. The van der Waals surface area contributed by atoms with Crippen LogP contribution < -0.4 is 14.4 Å². The Bertz CT molecular complexity index is 1030. The van der Waals surface area contributed by atoms with E-state index in [0.29, 0.717) is 0 Å². The van der Waals surface area contributed by atoms with Crippen LogP contribution in [0.2, 0.25) is 0 Å². The molecule has 3 aromatic rings. The van der Waals surface area contributed by atoms with E-state index >= 15 is 0 Å². The highest BCUT2D eigenvalue weighted by Crippen LogP contribution is 2.50. The van der Waals surface area contributed by atoms with Gasteiger partial charge in [-0.2, -0.15) is 0 Å². The Hall–Kier alpha value is -3.60. The standard InChI is InChI=1S/C27H31N3O2/c1-28(2)21-17-22(31-5)24(23(18-21)32-6)27-29(3)25(19-13-9-7-10-14-19)26(30(27)4)20-15-11-8-12-16-20/h7-18,27H,1-6H3. The lowest BCUT2D eigenvalue weighted by Crippen LogP contribution is -2.28. The molecule has 0 fully saturated rings. The zero-order valence-electron chi connectivity index (χ0n) is 19.7. The van der Waals surface area contributed by atoms with Gasteiger partial charge in [-0.3, -0.25) is 0 Å². The molecule has 3 aromatic carbocycles. The third-order valence-corrected chi connectivity index (χ3v) is 6.06. The van der Waals surface area contributed by atoms with Gasteiger partial charge in [0.1, 0.15) is 17.7 Å². The van der Waals surface area contributed by atoms with Crippen LogP contribution in [-0.2, 0) is 0 Å². The number of nitrogens with zero attached hydrogens (tertiary/aromatic N) is 3. The highest BCUT2D eigenvalue weighted by atomic mass is 16.5. The third-order valence-electron chi connectivity index (χ3n) is 6.06. The number of anilines is 1. The van der Waals surface area contributed by atoms with E-state index < -0.39 is 0 Å². The van der Waals surface area contributed by atoms with Crippen LogP contribution >= 0.6 is 0 Å². The summed E-state index contributed by atoms with van der Waals surface area (Å²) in [5.41, 5.74) is 6.72. The molecule has 0 spiro atoms. The molecule has 0 aliphatic carbocycles. The molecule has 0 radical (unpaired) electrons. The van der Waals surface area contributed by atoms with Gasteiger partial charge in [-0.25, -0.2) is 0 Å². The van der Waals surface area contributed by atoms with Gasteiger partial charge in [0.15, 0.2) is 0 Å². The van der Waals surface area contributed by atoms with E-state index in [4.69, 9.17) is 9.47 Å². The molecule has 32 heavy (non-hydrogen) atoms. The second kappa shape index (κ2) is 8.87. The normalized spacial score (nSPS) is 14.2. The van der Waals surface area contributed by atoms with E-state index in [1.165, 1.54) is 22.5 Å². The van der Waals surface area contributed by atoms with Crippen LogP contribution in [0.1, 0.15) is 22.9 Å². The molecule has 0 N–H and O–H groups in total. The van der Waals surface area contributed by atoms with Crippen LogP contribution in [0.4, 0.5) is 5.69 Å². The maximum absolute atomic E-state index is 5.89. The van der Waals surface area contributed by atoms with Gasteiger partial charge < -0.3 is 24.2 Å². The van der Waals surface area contributed by atoms with E-state index in [0.717, 1.165) is 22.7 Å². The molecule has 5 heteroatoms. The summed E-state index contributed by atoms with van der Waals surface area (Å²) in [7, 11) is 11.7. The molecule has 1 heterocycles. The Morgan fingerprint density at radius 1 is 0.688 bits per heavy atom. The van der Waals surface area contributed by atoms with Gasteiger partial charge in [0.05, 0.1) is 31.2 Å². The highest BCUT2D eigenvalue weighted by Gasteiger charge is 2.39. The van der Waals surface area contributed by atoms with Crippen LogP contribution in [0.15, 0.2) is 72.8 Å². The topological polar surface area (TPSA) is 28.2 Å². The second-order valence-corrected chi connectivity index (χ2v) is 8.18. The van der Waals surface area contributed by atoms with E-state index in [1.54, 1.807) is 14.2 Å². The fourth-order valence-corrected chi connectivity index (χ4v) is 4.54. The first-order chi connectivity index (χ1) is 15.5. The predicted octanol–water partition coefficient (Wildman–Crippen LogP) is 5.17. The number of hydrogen-bond donors (Lipinski definition) is 0. The second-order valence-electron chi connectivity index (χ2n) is 8.18. The highest BCUT2D eigenvalue weighted by molar-refractivity contribution is 5.91. The SMILES string of the molecule is COc1cc(N(C)C)cc(OC)c1C1N(C)C(c2ccccc2)=C(c2ccccc2)N1C. The van der Waals surface area contributed by atoms with Crippen molar-refractivity contribution in [3.8, 4) is 11.5 Å². The molecule has 0 saturated heterocycles. The maximum atomic E-state index is 5.89. The molecule has 0 saturated carbocycles. The lowest BCUT2D eigenvalue weighted by Gasteiger charge is -2.33. The molecule has 1 aliphatic heterocycles. The molecule has 0 aromatic heterocycles. The first-order valence-corrected chi connectivity index (χ1v) is 10.7. The summed E-state index contributed by atoms with van der Waals surface area (Å²) in [5, 5.41) is 0. The summed E-state index contributed by atoms with van der Waals surface area (Å²) in [6, 6.07) is 25.2. The average Bonchev–Trinajstić information content (AvgIpc) is 3.08. The van der Waals surface area contributed by atoms with Crippen molar-refractivity contribution in [3.63, 3.8) is 0 Å². The van der Waals surface area contributed by atoms with Crippen molar-refractivity contribution < 1.29 is 9.47 Å². The van der Waals surface area contributed by atoms with Crippen molar-refractivity contribution in [2.45, 2.75) is 6.17 Å². The lowest BCUT2D eigenvalue weighted by atomic mass is 10.1. The Morgan fingerprint density at radius 2 is 1.09 bits per heavy atom. The smallest absolute Gasteiger partial charge is 0.135 e. The fourth-order valence-electron chi connectivity index (χ4n) is 4.54. The van der Waals surface area contributed by atoms with E-state index in [2.05, 4.69) is 102 Å². The van der Waals surface area contributed by atoms with Gasteiger partial charge in [0.2, 0.25) is 0 Å². The van der Waals surface area contributed by atoms with Crippen molar-refractivity contribution in [1.82, 2.24) is 9.80 Å². The van der Waals surface area contributed by atoms with Crippen molar-refractivity contribution in [3.05, 3.63) is 89.5 Å². The summed E-state index contributed by atoms with van der Waals surface area (Å²) < 4.78 is 11.8. The Kier molecular flexibility index (Phi) is 5.99. The molecular formula is C27H31N3O2. The van der Waals surface area contributed by atoms with Gasteiger partial charge in [-0.15, -0.1) is 0 Å². The molecule has 5 nitrogen and oxygen atoms in total. The summed E-state index contributed by atoms with van der Waals surface area (Å²) in [4.78, 5) is 6.68. The minimum Gasteiger partial charge on any atom is -0.496 e. The molecule has 4 rings (SSSR count). The number of ether oxygens (including phenoxy) is 2. The van der Waals surface area contributed by atoms with E-state index in [9.17, 15) is 0 Å². The lowest BCUT2D eigenvalue weighted by molar-refractivity contribution is 0.210. The summed E-state index contributed by atoms with van der Waals surface area (Å²) in [6.45, 7) is 0. The monoisotopic (exact) mass is 429 g/mol. The summed E-state index contributed by atoms with van der Waals surface area (Å²) in [5.74, 6) is 1.61. The van der Waals surface area contributed by atoms with Crippen LogP contribution in [0.5, 0.6) is 11.5 Å². The summed E-state index contributed by atoms with van der Waals surface area (Å²) >= 11 is 0. The molecule has 0 amide bonds. The number of rotatable bonds is 6. The molecule has 0 unspecified atom stereocenters. The van der Waals surface area contributed by atoms with Crippen LogP contribution in [0.25, 0.3) is 11.4 Å². The quantitative estimate of drug-likeness (QED) is 0.539. The Labute approximate surface area is 191 Å². The Balaban J connectivity index is 1.93. The number of methoxy groups -OCH3 is 2. The first kappa shape index (κ1) is 21.6. The molecular weight excluding hydrogens is 398 g/mol. The predicted molar refractivity (Wildman–Crippen MR) is 132 cm³/mol. The van der Waals surface area contributed by atoms with E-state index in [1.807, 2.05) is 14.1 Å². The molecule has 166 valence electrons. The van der Waals surface area contributed by atoms with Gasteiger partial charge in [0.25, 0.3) is 0 Å². The fraction of sp³-hybridized carbons (Fsp3) is 0.259. The zero-order valence-corrected chi connectivity index (χ0v) is 19.7. The van der Waals surface area contributed by atoms with Crippen molar-refractivity contribution in [2.75, 3.05) is 47.3 Å². The third kappa shape index (κ3) is 3.64. The van der Waals surface area contributed by atoms with Gasteiger partial charge in [-0.05, 0) is 0 Å². The van der Waals surface area contributed by atoms with Crippen molar-refractivity contribution in [1.29, 1.82) is 0 Å². The van der Waals surface area contributed by atoms with Crippen LogP contribution in [0, 0.1) is 0 Å². The van der Waals surface area contributed by atoms with Crippen molar-refractivity contribution in [2.24, 2.45) is 0 Å². The van der Waals surface area contributed by atoms with E-state index in [-0.39, 0.29) is 6.17 Å². The largest absolute Gasteiger partial charge is 0.496 e. The average molecular weight is 430 g/mol. The van der Waals surface area contributed by atoms with Gasteiger partial charge in [-0.1, -0.05) is 60.7 Å². The summed E-state index contributed by atoms with van der Waals surface area (Å²) in [6.07, 6.45) is -0.0958. The molecule has 0 atom stereocenters. The van der Waals surface area contributed by atoms with Crippen LogP contribution in [-0.4, -0.2) is 52.2 Å². The first-order valence-electron chi connectivity index (χ1n) is 10.7. The van der Waals surface area contributed by atoms with Crippen molar-refractivity contribution >= 4 is 17.1 Å². The maximum Gasteiger partial charge on any atom is 0.135 e. The number of benzene rings is 3. The zero-order chi connectivity index (χ0) is 22.8. The Morgan fingerprint density at radius 3 is 1.44 bits per heavy atom. The minimum atomic E-state index is -0.0958. The minimum absolute atomic E-state index is 0.0958. The number of hydrogen-bond acceptors (Lipinski definition) is 5.